The van der Waals surface area contributed by atoms with E-state index in [1.54, 1.807) is 6.07 Å². The summed E-state index contributed by atoms with van der Waals surface area (Å²) in [5, 5.41) is 4.37. The van der Waals surface area contributed by atoms with Crippen LogP contribution in [0.5, 0.6) is 0 Å². The van der Waals surface area contributed by atoms with Gasteiger partial charge >= 0.3 is 0 Å². The number of hydrogen-bond donors (Lipinski definition) is 1. The molecular weight excluding hydrogens is 272 g/mol. The molecular formula is C16H17ClN2O. The number of pyridine rings is 1. The summed E-state index contributed by atoms with van der Waals surface area (Å²) in [7, 11) is 0. The molecule has 0 saturated heterocycles. The molecule has 104 valence electrons. The Balaban J connectivity index is 1.88. The SMILES string of the molecule is O=C(Nc1cc(Cl)nc2ccccc12)C1CCCCC1. The van der Waals surface area contributed by atoms with E-state index in [0.717, 1.165) is 42.3 Å². The van der Waals surface area contributed by atoms with Gasteiger partial charge in [-0.1, -0.05) is 49.1 Å². The monoisotopic (exact) mass is 288 g/mol. The van der Waals surface area contributed by atoms with Crippen molar-refractivity contribution in [3.8, 4) is 0 Å². The number of benzene rings is 1. The molecule has 3 rings (SSSR count). The molecule has 1 aliphatic rings. The van der Waals surface area contributed by atoms with Crippen LogP contribution in [0.3, 0.4) is 0 Å². The molecule has 4 heteroatoms. The van der Waals surface area contributed by atoms with E-state index in [1.165, 1.54) is 6.42 Å². The lowest BCUT2D eigenvalue weighted by Gasteiger charge is -2.21. The smallest absolute Gasteiger partial charge is 0.227 e. The molecule has 20 heavy (non-hydrogen) atoms. The maximum atomic E-state index is 12.3. The highest BCUT2D eigenvalue weighted by atomic mass is 35.5. The zero-order valence-corrected chi connectivity index (χ0v) is 12.0. The Morgan fingerprint density at radius 1 is 1.20 bits per heavy atom. The Hall–Kier alpha value is -1.61. The second-order valence-corrected chi connectivity index (χ2v) is 5.72. The number of rotatable bonds is 2. The van der Waals surface area contributed by atoms with Gasteiger partial charge in [-0.05, 0) is 25.0 Å². The molecule has 0 atom stereocenters. The van der Waals surface area contributed by atoms with Crippen LogP contribution in [-0.2, 0) is 4.79 Å². The Labute approximate surface area is 123 Å². The fourth-order valence-corrected chi connectivity index (χ4v) is 3.05. The third-order valence-corrected chi connectivity index (χ3v) is 4.11. The van der Waals surface area contributed by atoms with Crippen LogP contribution in [0.15, 0.2) is 30.3 Å². The maximum Gasteiger partial charge on any atom is 0.227 e. The minimum absolute atomic E-state index is 0.108. The Morgan fingerprint density at radius 3 is 2.75 bits per heavy atom. The number of anilines is 1. The molecule has 3 nitrogen and oxygen atoms in total. The molecule has 1 N–H and O–H groups in total. The number of para-hydroxylation sites is 1. The molecule has 0 unspecified atom stereocenters. The Bertz CT molecular complexity index is 635. The van der Waals surface area contributed by atoms with Crippen molar-refractivity contribution < 1.29 is 4.79 Å². The minimum Gasteiger partial charge on any atom is -0.325 e. The molecule has 0 bridgehead atoms. The van der Waals surface area contributed by atoms with E-state index in [2.05, 4.69) is 10.3 Å². The second kappa shape index (κ2) is 5.80. The number of carbonyl (C=O) groups is 1. The summed E-state index contributed by atoms with van der Waals surface area (Å²) in [5.41, 5.74) is 1.56. The van der Waals surface area contributed by atoms with Crippen LogP contribution >= 0.6 is 11.6 Å². The van der Waals surface area contributed by atoms with Crippen molar-refractivity contribution in [2.75, 3.05) is 5.32 Å². The third kappa shape index (κ3) is 2.78. The fourth-order valence-electron chi connectivity index (χ4n) is 2.85. The van der Waals surface area contributed by atoms with Crippen LogP contribution < -0.4 is 5.32 Å². The van der Waals surface area contributed by atoms with E-state index >= 15 is 0 Å². The number of nitrogens with zero attached hydrogens (tertiary/aromatic N) is 1. The lowest BCUT2D eigenvalue weighted by molar-refractivity contribution is -0.120. The summed E-state index contributed by atoms with van der Waals surface area (Å²) >= 11 is 6.03. The zero-order valence-electron chi connectivity index (χ0n) is 11.2. The van der Waals surface area contributed by atoms with Crippen LogP contribution in [0.1, 0.15) is 32.1 Å². The first-order valence-electron chi connectivity index (χ1n) is 7.10. The molecule has 2 aromatic rings. The summed E-state index contributed by atoms with van der Waals surface area (Å²) in [4.78, 5) is 16.6. The average molecular weight is 289 g/mol. The number of carbonyl (C=O) groups excluding carboxylic acids is 1. The largest absolute Gasteiger partial charge is 0.325 e. The van der Waals surface area contributed by atoms with Gasteiger partial charge in [0.05, 0.1) is 11.2 Å². The topological polar surface area (TPSA) is 42.0 Å². The molecule has 1 fully saturated rings. The summed E-state index contributed by atoms with van der Waals surface area (Å²) < 4.78 is 0. The number of halogens is 1. The normalized spacial score (nSPS) is 16.2. The van der Waals surface area contributed by atoms with Crippen molar-refractivity contribution in [1.29, 1.82) is 0 Å². The van der Waals surface area contributed by atoms with Crippen molar-refractivity contribution in [3.63, 3.8) is 0 Å². The van der Waals surface area contributed by atoms with Gasteiger partial charge in [-0.25, -0.2) is 4.98 Å². The molecule has 1 aromatic carbocycles. The molecule has 1 saturated carbocycles. The maximum absolute atomic E-state index is 12.3. The highest BCUT2D eigenvalue weighted by molar-refractivity contribution is 6.30. The molecule has 0 aliphatic heterocycles. The van der Waals surface area contributed by atoms with E-state index in [4.69, 9.17) is 11.6 Å². The number of hydrogen-bond acceptors (Lipinski definition) is 2. The fraction of sp³-hybridized carbons (Fsp3) is 0.375. The number of amides is 1. The van der Waals surface area contributed by atoms with Gasteiger partial charge in [-0.2, -0.15) is 0 Å². The van der Waals surface area contributed by atoms with E-state index < -0.39 is 0 Å². The standard InChI is InChI=1S/C16H17ClN2O/c17-15-10-14(12-8-4-5-9-13(12)18-15)19-16(20)11-6-2-1-3-7-11/h4-5,8-11H,1-3,6-7H2,(H,18,19,20). The quantitative estimate of drug-likeness (QED) is 0.832. The van der Waals surface area contributed by atoms with Crippen molar-refractivity contribution in [1.82, 2.24) is 4.98 Å². The van der Waals surface area contributed by atoms with Crippen LogP contribution in [0.4, 0.5) is 5.69 Å². The molecule has 0 radical (unpaired) electrons. The van der Waals surface area contributed by atoms with Crippen LogP contribution in [0.2, 0.25) is 5.15 Å². The van der Waals surface area contributed by atoms with Gasteiger partial charge in [-0.3, -0.25) is 4.79 Å². The first-order chi connectivity index (χ1) is 9.74. The second-order valence-electron chi connectivity index (χ2n) is 5.33. The number of nitrogens with one attached hydrogen (secondary N) is 1. The van der Waals surface area contributed by atoms with Crippen molar-refractivity contribution >= 4 is 34.1 Å². The molecule has 1 amide bonds. The van der Waals surface area contributed by atoms with Crippen LogP contribution in [-0.4, -0.2) is 10.9 Å². The number of aromatic nitrogens is 1. The lowest BCUT2D eigenvalue weighted by Crippen LogP contribution is -2.24. The summed E-state index contributed by atoms with van der Waals surface area (Å²) in [6.07, 6.45) is 5.52. The van der Waals surface area contributed by atoms with Gasteiger partial charge in [0.1, 0.15) is 5.15 Å². The predicted octanol–water partition coefficient (Wildman–Crippen LogP) is 4.41. The van der Waals surface area contributed by atoms with E-state index in [-0.39, 0.29) is 11.8 Å². The zero-order chi connectivity index (χ0) is 13.9. The first kappa shape index (κ1) is 13.4. The summed E-state index contributed by atoms with van der Waals surface area (Å²) in [6.45, 7) is 0. The van der Waals surface area contributed by atoms with Crippen molar-refractivity contribution in [3.05, 3.63) is 35.5 Å². The van der Waals surface area contributed by atoms with E-state index in [1.807, 2.05) is 24.3 Å². The lowest BCUT2D eigenvalue weighted by atomic mass is 9.88. The van der Waals surface area contributed by atoms with Crippen molar-refractivity contribution in [2.24, 2.45) is 5.92 Å². The molecule has 1 heterocycles. The van der Waals surface area contributed by atoms with Gasteiger partial charge in [0.2, 0.25) is 5.91 Å². The van der Waals surface area contributed by atoms with Gasteiger partial charge < -0.3 is 5.32 Å². The molecule has 1 aromatic heterocycles. The molecule has 1 aliphatic carbocycles. The highest BCUT2D eigenvalue weighted by Gasteiger charge is 2.21. The average Bonchev–Trinajstić information content (AvgIpc) is 2.48. The number of fused-ring (bicyclic) bond motifs is 1. The Kier molecular flexibility index (Phi) is 3.88. The van der Waals surface area contributed by atoms with Crippen molar-refractivity contribution in [2.45, 2.75) is 32.1 Å². The van der Waals surface area contributed by atoms with Crippen LogP contribution in [0.25, 0.3) is 10.9 Å². The highest BCUT2D eigenvalue weighted by Crippen LogP contribution is 2.28. The minimum atomic E-state index is 0.108. The predicted molar refractivity (Wildman–Crippen MR) is 82.0 cm³/mol. The molecule has 0 spiro atoms. The van der Waals surface area contributed by atoms with Gasteiger partial charge in [-0.15, -0.1) is 0 Å². The van der Waals surface area contributed by atoms with Gasteiger partial charge in [0, 0.05) is 11.3 Å². The van der Waals surface area contributed by atoms with E-state index in [9.17, 15) is 4.79 Å². The van der Waals surface area contributed by atoms with Gasteiger partial charge in [0.15, 0.2) is 0 Å². The third-order valence-electron chi connectivity index (χ3n) is 3.92. The summed E-state index contributed by atoms with van der Waals surface area (Å²) in [5.74, 6) is 0.242. The Morgan fingerprint density at radius 2 is 1.95 bits per heavy atom. The van der Waals surface area contributed by atoms with Crippen LogP contribution in [0, 0.1) is 5.92 Å². The van der Waals surface area contributed by atoms with E-state index in [0.29, 0.717) is 5.15 Å². The summed E-state index contributed by atoms with van der Waals surface area (Å²) in [6, 6.07) is 9.43. The van der Waals surface area contributed by atoms with Gasteiger partial charge in [0.25, 0.3) is 0 Å². The first-order valence-corrected chi connectivity index (χ1v) is 7.48.